The van der Waals surface area contributed by atoms with E-state index in [1.54, 1.807) is 0 Å². The highest BCUT2D eigenvalue weighted by Crippen LogP contribution is 2.39. The summed E-state index contributed by atoms with van der Waals surface area (Å²) >= 11 is 0. The molecule has 16 N–H and O–H groups in total. The Morgan fingerprint density at radius 2 is 1.02 bits per heavy atom. The molecule has 3 fully saturated rings. The second kappa shape index (κ2) is 18.9. The van der Waals surface area contributed by atoms with Crippen LogP contribution in [-0.2, 0) is 52.5 Å². The van der Waals surface area contributed by atoms with Gasteiger partial charge in [-0.1, -0.05) is 0 Å². The van der Waals surface area contributed by atoms with Crippen molar-refractivity contribution in [1.82, 2.24) is 16.0 Å². The maximum absolute atomic E-state index is 12.9. The van der Waals surface area contributed by atoms with Crippen molar-refractivity contribution in [3.63, 3.8) is 0 Å². The first-order valence-electron chi connectivity index (χ1n) is 17.4. The number of carboxylic acids is 3. The topological polar surface area (TPSA) is 433 Å². The van der Waals surface area contributed by atoms with Crippen LogP contribution in [0.1, 0.15) is 40.0 Å². The number of nitrogens with one attached hydrogen (secondary N) is 3. The Kier molecular flexibility index (Phi) is 15.8. The van der Waals surface area contributed by atoms with Crippen LogP contribution >= 0.6 is 0 Å². The molecule has 3 rings (SSSR count). The van der Waals surface area contributed by atoms with Gasteiger partial charge < -0.3 is 102 Å². The Morgan fingerprint density at radius 1 is 0.649 bits per heavy atom. The van der Waals surface area contributed by atoms with Crippen LogP contribution in [0.5, 0.6) is 0 Å². The Balaban J connectivity index is 2.05. The largest absolute Gasteiger partial charge is 0.477 e. The van der Waals surface area contributed by atoms with Gasteiger partial charge in [0.05, 0.1) is 55.8 Å². The zero-order valence-corrected chi connectivity index (χ0v) is 30.7. The number of ether oxygens (including phenoxy) is 5. The van der Waals surface area contributed by atoms with Gasteiger partial charge in [-0.05, 0) is 0 Å². The lowest BCUT2D eigenvalue weighted by atomic mass is 9.87. The molecule has 26 heteroatoms. The van der Waals surface area contributed by atoms with E-state index < -0.39 is 171 Å². The molecule has 3 amide bonds. The SMILES string of the molecule is CC(=O)NC1C(O)CC(OC(CO)C(O)C2OC(OC(CO)C(O)C3OC(O)(C(=O)O)CC(O)C3NC(C)=O)(C(=O)O)CC(O)C2NC(C)=O)(C(=O)O)OC1CN. The van der Waals surface area contributed by atoms with Crippen molar-refractivity contribution in [3.8, 4) is 0 Å². The average molecular weight is 831 g/mol. The van der Waals surface area contributed by atoms with Crippen molar-refractivity contribution in [2.75, 3.05) is 19.8 Å². The van der Waals surface area contributed by atoms with Crippen molar-refractivity contribution < 1.29 is 109 Å². The maximum Gasteiger partial charge on any atom is 0.364 e. The molecular weight excluding hydrogens is 780 g/mol. The van der Waals surface area contributed by atoms with Crippen LogP contribution in [0, 0.1) is 0 Å². The Bertz CT molecular complexity index is 1490. The maximum atomic E-state index is 12.9. The lowest BCUT2D eigenvalue weighted by Crippen LogP contribution is -2.71. The van der Waals surface area contributed by atoms with Gasteiger partial charge in [0, 0.05) is 46.6 Å². The van der Waals surface area contributed by atoms with E-state index in [4.69, 9.17) is 29.4 Å². The normalized spacial score (nSPS) is 37.8. The van der Waals surface area contributed by atoms with Crippen LogP contribution in [0.25, 0.3) is 0 Å². The standard InChI is InChI=1S/C31H50N4O22/c1-10(38)33-19-14(42)5-30(27(48)49,53-16(19)7-32)54-18(9-37)23(45)25-21(35-12(3)40)15(43)6-31(57-25,28(50)51)55-17(8-36)22(44)24-20(34-11(2)39)13(41)4-29(52,56-24)26(46)47/h13-25,36-37,41-45,52H,4-9,32H2,1-3H3,(H,33,38)(H,34,39)(H,35,40)(H,46,47)(H,48,49)(H,50,51). The van der Waals surface area contributed by atoms with E-state index in [1.807, 2.05) is 0 Å². The van der Waals surface area contributed by atoms with Crippen LogP contribution in [0.2, 0.25) is 0 Å². The van der Waals surface area contributed by atoms with Gasteiger partial charge in [0.2, 0.25) is 17.7 Å². The van der Waals surface area contributed by atoms with E-state index in [1.165, 1.54) is 0 Å². The third-order valence-corrected chi connectivity index (χ3v) is 9.60. The summed E-state index contributed by atoms with van der Waals surface area (Å²) in [7, 11) is 0. The molecule has 3 aliphatic heterocycles. The van der Waals surface area contributed by atoms with E-state index in [0.717, 1.165) is 20.8 Å². The lowest BCUT2D eigenvalue weighted by Gasteiger charge is -2.50. The number of nitrogens with two attached hydrogens (primary N) is 1. The van der Waals surface area contributed by atoms with Gasteiger partial charge in [0.15, 0.2) is 0 Å². The van der Waals surface area contributed by atoms with E-state index in [9.17, 15) is 84.9 Å². The number of aliphatic hydroxyl groups is 8. The molecule has 0 aromatic carbocycles. The van der Waals surface area contributed by atoms with Gasteiger partial charge in [0.25, 0.3) is 17.4 Å². The van der Waals surface area contributed by atoms with Gasteiger partial charge in [-0.25, -0.2) is 14.4 Å². The summed E-state index contributed by atoms with van der Waals surface area (Å²) < 4.78 is 27.4. The number of carbonyl (C=O) groups is 6. The number of carboxylic acid groups (broad SMARTS) is 3. The zero-order chi connectivity index (χ0) is 43.4. The van der Waals surface area contributed by atoms with Crippen molar-refractivity contribution in [3.05, 3.63) is 0 Å². The lowest BCUT2D eigenvalue weighted by molar-refractivity contribution is -0.352. The monoisotopic (exact) mass is 830 g/mol. The molecule has 3 saturated heterocycles. The summed E-state index contributed by atoms with van der Waals surface area (Å²) in [6.45, 7) is -0.197. The van der Waals surface area contributed by atoms with Crippen molar-refractivity contribution >= 4 is 35.6 Å². The van der Waals surface area contributed by atoms with Gasteiger partial charge in [-0.15, -0.1) is 0 Å². The first-order valence-corrected chi connectivity index (χ1v) is 17.4. The highest BCUT2D eigenvalue weighted by molar-refractivity contribution is 5.78. The van der Waals surface area contributed by atoms with E-state index in [0.29, 0.717) is 0 Å². The summed E-state index contributed by atoms with van der Waals surface area (Å²) in [6, 6.07) is -4.78. The minimum absolute atomic E-state index is 0.502. The third-order valence-electron chi connectivity index (χ3n) is 9.60. The number of rotatable bonds is 17. The number of aliphatic hydroxyl groups excluding tert-OH is 7. The molecule has 3 aliphatic rings. The molecule has 326 valence electrons. The fourth-order valence-corrected chi connectivity index (χ4v) is 6.97. The van der Waals surface area contributed by atoms with Crippen LogP contribution in [0.15, 0.2) is 0 Å². The summed E-state index contributed by atoms with van der Waals surface area (Å²) in [6.07, 6.45) is -24.2. The fourth-order valence-electron chi connectivity index (χ4n) is 6.97. The van der Waals surface area contributed by atoms with Crippen molar-refractivity contribution in [2.45, 2.75) is 137 Å². The average Bonchev–Trinajstić information content (AvgIpc) is 3.11. The number of hydrogen-bond acceptors (Lipinski definition) is 20. The molecule has 0 spiro atoms. The van der Waals surface area contributed by atoms with Crippen LogP contribution in [0.4, 0.5) is 0 Å². The second-order valence-electron chi connectivity index (χ2n) is 13.9. The van der Waals surface area contributed by atoms with E-state index >= 15 is 0 Å². The minimum atomic E-state index is -3.27. The predicted octanol–water partition coefficient (Wildman–Crippen LogP) is -8.28. The molecule has 0 radical (unpaired) electrons. The van der Waals surface area contributed by atoms with Gasteiger partial charge >= 0.3 is 17.9 Å². The smallest absolute Gasteiger partial charge is 0.364 e. The summed E-state index contributed by atoms with van der Waals surface area (Å²) in [5.41, 5.74) is 5.71. The molecule has 0 aliphatic carbocycles. The molecule has 26 nitrogen and oxygen atoms in total. The molecule has 0 aromatic heterocycles. The third kappa shape index (κ3) is 10.5. The first-order chi connectivity index (χ1) is 26.4. The summed E-state index contributed by atoms with van der Waals surface area (Å²) in [5, 5.41) is 124. The zero-order valence-electron chi connectivity index (χ0n) is 30.7. The predicted molar refractivity (Wildman–Crippen MR) is 178 cm³/mol. The minimum Gasteiger partial charge on any atom is -0.477 e. The van der Waals surface area contributed by atoms with Crippen LogP contribution < -0.4 is 21.7 Å². The van der Waals surface area contributed by atoms with Crippen LogP contribution in [-0.4, -0.2) is 208 Å². The van der Waals surface area contributed by atoms with Crippen molar-refractivity contribution in [1.29, 1.82) is 0 Å². The molecule has 3 heterocycles. The molecule has 0 bridgehead atoms. The number of hydrogen-bond donors (Lipinski definition) is 15. The van der Waals surface area contributed by atoms with Crippen molar-refractivity contribution in [2.24, 2.45) is 5.73 Å². The molecule has 0 aromatic rings. The molecule has 0 saturated carbocycles. The van der Waals surface area contributed by atoms with Gasteiger partial charge in [0.1, 0.15) is 36.6 Å². The second-order valence-corrected chi connectivity index (χ2v) is 13.9. The van der Waals surface area contributed by atoms with Gasteiger partial charge in [-0.3, -0.25) is 14.4 Å². The summed E-state index contributed by atoms with van der Waals surface area (Å²) in [5.74, 6) is -17.9. The van der Waals surface area contributed by atoms with E-state index in [-0.39, 0.29) is 0 Å². The first kappa shape index (κ1) is 47.6. The summed E-state index contributed by atoms with van der Waals surface area (Å²) in [4.78, 5) is 73.2. The van der Waals surface area contributed by atoms with E-state index in [2.05, 4.69) is 16.0 Å². The highest BCUT2D eigenvalue weighted by atomic mass is 16.8. The molecule has 16 atom stereocenters. The number of carbonyl (C=O) groups excluding carboxylic acids is 3. The number of aliphatic carboxylic acids is 3. The Morgan fingerprint density at radius 3 is 1.39 bits per heavy atom. The quantitative estimate of drug-likeness (QED) is 0.0647. The highest BCUT2D eigenvalue weighted by Gasteiger charge is 2.61. The fraction of sp³-hybridized carbons (Fsp3) is 0.806. The van der Waals surface area contributed by atoms with Crippen LogP contribution in [0.3, 0.4) is 0 Å². The molecule has 16 unspecified atom stereocenters. The Hall–Kier alpha value is -3.74. The number of amides is 3. The molecular formula is C31H50N4O22. The Labute approximate surface area is 322 Å². The molecule has 57 heavy (non-hydrogen) atoms. The van der Waals surface area contributed by atoms with Gasteiger partial charge in [-0.2, -0.15) is 0 Å².